The minimum Gasteiger partial charge on any atom is -0.465 e. The van der Waals surface area contributed by atoms with E-state index >= 15 is 0 Å². The number of hydrogen-bond donors (Lipinski definition) is 1. The van der Waals surface area contributed by atoms with Crippen molar-refractivity contribution in [2.75, 3.05) is 7.11 Å². The molecule has 6 nitrogen and oxygen atoms in total. The van der Waals surface area contributed by atoms with Crippen molar-refractivity contribution >= 4 is 17.0 Å². The third kappa shape index (κ3) is 4.00. The van der Waals surface area contributed by atoms with E-state index in [0.717, 1.165) is 12.1 Å². The summed E-state index contributed by atoms with van der Waals surface area (Å²) in [5.74, 6) is -2.08. The van der Waals surface area contributed by atoms with Crippen molar-refractivity contribution < 1.29 is 23.0 Å². The van der Waals surface area contributed by atoms with Crippen LogP contribution in [-0.4, -0.2) is 23.0 Å². The number of esters is 1. The molecule has 8 heteroatoms. The molecule has 0 atom stereocenters. The topological polar surface area (TPSA) is 81.3 Å². The number of carbonyl (C=O) groups is 1. The number of methoxy groups -OCH3 is 1. The molecule has 0 aliphatic carbocycles. The predicted molar refractivity (Wildman–Crippen MR) is 110 cm³/mol. The van der Waals surface area contributed by atoms with E-state index in [1.807, 2.05) is 0 Å². The van der Waals surface area contributed by atoms with E-state index in [1.165, 1.54) is 25.3 Å². The lowest BCUT2D eigenvalue weighted by Crippen LogP contribution is -2.11. The van der Waals surface area contributed by atoms with Crippen molar-refractivity contribution in [2.45, 2.75) is 6.92 Å². The van der Waals surface area contributed by atoms with Crippen LogP contribution in [0.25, 0.3) is 22.2 Å². The van der Waals surface area contributed by atoms with E-state index < -0.39 is 17.6 Å². The number of aryl methyl sites for hydroxylation is 1. The van der Waals surface area contributed by atoms with Crippen LogP contribution in [0.3, 0.4) is 0 Å². The van der Waals surface area contributed by atoms with E-state index in [0.29, 0.717) is 27.9 Å². The smallest absolute Gasteiger partial charge is 0.337 e. The maximum atomic E-state index is 14.1. The second-order valence-electron chi connectivity index (χ2n) is 6.76. The van der Waals surface area contributed by atoms with Gasteiger partial charge in [-0.15, -0.1) is 0 Å². The summed E-state index contributed by atoms with van der Waals surface area (Å²) in [4.78, 5) is 30.9. The van der Waals surface area contributed by atoms with Crippen LogP contribution in [0.1, 0.15) is 16.1 Å². The van der Waals surface area contributed by atoms with Crippen LogP contribution in [0, 0.1) is 18.6 Å². The highest BCUT2D eigenvalue weighted by atomic mass is 19.1. The molecule has 0 spiro atoms. The molecule has 1 N–H and O–H groups in total. The molecule has 0 saturated carbocycles. The van der Waals surface area contributed by atoms with Crippen molar-refractivity contribution in [2.24, 2.45) is 0 Å². The number of nitrogens with zero attached hydrogens (tertiary/aromatic N) is 1. The first-order valence-electron chi connectivity index (χ1n) is 9.22. The van der Waals surface area contributed by atoms with Gasteiger partial charge in [-0.1, -0.05) is 6.07 Å². The van der Waals surface area contributed by atoms with Gasteiger partial charge in [0.1, 0.15) is 17.3 Å². The van der Waals surface area contributed by atoms with Crippen LogP contribution >= 0.6 is 0 Å². The minimum absolute atomic E-state index is 0.174. The molecule has 0 fully saturated rings. The zero-order chi connectivity index (χ0) is 22.1. The summed E-state index contributed by atoms with van der Waals surface area (Å²) in [6, 6.07) is 12.6. The fourth-order valence-electron chi connectivity index (χ4n) is 3.11. The summed E-state index contributed by atoms with van der Waals surface area (Å²) in [7, 11) is 1.26. The van der Waals surface area contributed by atoms with Crippen LogP contribution in [-0.2, 0) is 4.74 Å². The van der Waals surface area contributed by atoms with Crippen LogP contribution < -0.4 is 10.3 Å². The van der Waals surface area contributed by atoms with Crippen LogP contribution in [0.2, 0.25) is 0 Å². The Balaban J connectivity index is 1.87. The molecule has 1 aromatic heterocycles. The van der Waals surface area contributed by atoms with Gasteiger partial charge in [0.25, 0.3) is 5.56 Å². The molecule has 4 aromatic rings. The van der Waals surface area contributed by atoms with Gasteiger partial charge in [0.15, 0.2) is 11.6 Å². The summed E-state index contributed by atoms with van der Waals surface area (Å²) in [5, 5.41) is 0. The van der Waals surface area contributed by atoms with Crippen molar-refractivity contribution in [1.82, 2.24) is 9.97 Å². The van der Waals surface area contributed by atoms with Gasteiger partial charge >= 0.3 is 5.97 Å². The number of halogens is 2. The standard InChI is InChI=1S/C23H16F2N2O4/c1-12-22(28)27-18-6-3-13(10-19(18)26-12)16-9-14(23(29)30-2)4-7-20(16)31-21-8-5-15(24)11-17(21)25/h3-11H,1-2H3,(H,27,28). The summed E-state index contributed by atoms with van der Waals surface area (Å²) in [6.45, 7) is 1.59. The summed E-state index contributed by atoms with van der Waals surface area (Å²) in [6.07, 6.45) is 0. The van der Waals surface area contributed by atoms with Crippen molar-refractivity contribution in [3.05, 3.63) is 87.8 Å². The van der Waals surface area contributed by atoms with Gasteiger partial charge in [-0.05, 0) is 55.0 Å². The first kappa shape index (κ1) is 20.2. The third-order valence-corrected chi connectivity index (χ3v) is 4.69. The lowest BCUT2D eigenvalue weighted by molar-refractivity contribution is 0.0600. The Morgan fingerprint density at radius 3 is 2.52 bits per heavy atom. The van der Waals surface area contributed by atoms with Gasteiger partial charge in [-0.3, -0.25) is 4.79 Å². The summed E-state index contributed by atoms with van der Waals surface area (Å²) >= 11 is 0. The maximum Gasteiger partial charge on any atom is 0.337 e. The van der Waals surface area contributed by atoms with Gasteiger partial charge in [0.2, 0.25) is 0 Å². The van der Waals surface area contributed by atoms with Crippen molar-refractivity contribution in [3.8, 4) is 22.6 Å². The zero-order valence-electron chi connectivity index (χ0n) is 16.5. The van der Waals surface area contributed by atoms with Gasteiger partial charge in [-0.2, -0.15) is 0 Å². The van der Waals surface area contributed by atoms with E-state index in [9.17, 15) is 18.4 Å². The molecule has 0 amide bonds. The largest absolute Gasteiger partial charge is 0.465 e. The number of benzene rings is 3. The van der Waals surface area contributed by atoms with Crippen molar-refractivity contribution in [3.63, 3.8) is 0 Å². The molecular weight excluding hydrogens is 406 g/mol. The number of fused-ring (bicyclic) bond motifs is 1. The molecule has 0 aliphatic heterocycles. The van der Waals surface area contributed by atoms with E-state index in [-0.39, 0.29) is 22.6 Å². The average molecular weight is 422 g/mol. The molecule has 156 valence electrons. The Bertz CT molecular complexity index is 1380. The number of ether oxygens (including phenoxy) is 2. The monoisotopic (exact) mass is 422 g/mol. The van der Waals surface area contributed by atoms with Gasteiger partial charge in [0, 0.05) is 11.6 Å². The average Bonchev–Trinajstić information content (AvgIpc) is 2.76. The number of aromatic amines is 1. The number of carbonyl (C=O) groups excluding carboxylic acids is 1. The summed E-state index contributed by atoms with van der Waals surface area (Å²) in [5.41, 5.74) is 2.40. The quantitative estimate of drug-likeness (QED) is 0.480. The van der Waals surface area contributed by atoms with Crippen LogP contribution in [0.15, 0.2) is 59.4 Å². The van der Waals surface area contributed by atoms with Gasteiger partial charge in [-0.25, -0.2) is 18.6 Å². The van der Waals surface area contributed by atoms with Crippen LogP contribution in [0.5, 0.6) is 11.5 Å². The maximum absolute atomic E-state index is 14.1. The number of hydrogen-bond acceptors (Lipinski definition) is 5. The zero-order valence-corrected chi connectivity index (χ0v) is 16.5. The molecule has 1 heterocycles. The van der Waals surface area contributed by atoms with Gasteiger partial charge < -0.3 is 14.5 Å². The second kappa shape index (κ2) is 7.98. The lowest BCUT2D eigenvalue weighted by atomic mass is 10.0. The Morgan fingerprint density at radius 2 is 1.77 bits per heavy atom. The number of nitrogens with one attached hydrogen (secondary N) is 1. The first-order chi connectivity index (χ1) is 14.9. The predicted octanol–water partition coefficient (Wildman–Crippen LogP) is 4.76. The van der Waals surface area contributed by atoms with E-state index in [2.05, 4.69) is 9.97 Å². The Kier molecular flexibility index (Phi) is 5.21. The molecule has 0 radical (unpaired) electrons. The molecule has 3 aromatic carbocycles. The van der Waals surface area contributed by atoms with E-state index in [1.54, 1.807) is 31.2 Å². The van der Waals surface area contributed by atoms with E-state index in [4.69, 9.17) is 9.47 Å². The molecular formula is C23H16F2N2O4. The normalized spacial score (nSPS) is 10.8. The van der Waals surface area contributed by atoms with Gasteiger partial charge in [0.05, 0.1) is 23.7 Å². The fourth-order valence-corrected chi connectivity index (χ4v) is 3.11. The Hall–Kier alpha value is -4.07. The molecule has 0 aliphatic rings. The first-order valence-corrected chi connectivity index (χ1v) is 9.22. The highest BCUT2D eigenvalue weighted by molar-refractivity contribution is 5.93. The molecule has 4 rings (SSSR count). The summed E-state index contributed by atoms with van der Waals surface area (Å²) < 4.78 is 37.9. The number of rotatable bonds is 4. The second-order valence-corrected chi connectivity index (χ2v) is 6.76. The Morgan fingerprint density at radius 1 is 1.00 bits per heavy atom. The fraction of sp³-hybridized carbons (Fsp3) is 0.0870. The highest BCUT2D eigenvalue weighted by Gasteiger charge is 2.16. The molecule has 0 saturated heterocycles. The molecule has 31 heavy (non-hydrogen) atoms. The lowest BCUT2D eigenvalue weighted by Gasteiger charge is -2.14. The minimum atomic E-state index is -0.864. The Labute approximate surface area is 175 Å². The SMILES string of the molecule is COC(=O)c1ccc(Oc2ccc(F)cc2F)c(-c2ccc3[nH]c(=O)c(C)nc3c2)c1. The number of H-pyrrole nitrogens is 1. The molecule has 0 bridgehead atoms. The molecule has 0 unspecified atom stereocenters. The van der Waals surface area contributed by atoms with Crippen LogP contribution in [0.4, 0.5) is 8.78 Å². The third-order valence-electron chi connectivity index (χ3n) is 4.69. The highest BCUT2D eigenvalue weighted by Crippen LogP contribution is 2.36. The number of aromatic nitrogens is 2. The van der Waals surface area contributed by atoms with Crippen molar-refractivity contribution in [1.29, 1.82) is 0 Å².